The minimum atomic E-state index is -0.690. The average Bonchev–Trinajstić information content (AvgIpc) is 2.27. The van der Waals surface area contributed by atoms with Crippen molar-refractivity contribution in [3.63, 3.8) is 0 Å². The zero-order valence-corrected chi connectivity index (χ0v) is 8.60. The molecule has 0 aromatic heterocycles. The normalized spacial score (nSPS) is 9.06. The number of aliphatic imine (C=N–C) groups is 1. The van der Waals surface area contributed by atoms with Crippen LogP contribution in [0.2, 0.25) is 0 Å². The second-order valence-corrected chi connectivity index (χ2v) is 3.00. The van der Waals surface area contributed by atoms with Gasteiger partial charge in [-0.25, -0.2) is 9.59 Å². The van der Waals surface area contributed by atoms with Crippen molar-refractivity contribution in [1.29, 1.82) is 0 Å². The minimum Gasteiger partial charge on any atom is -0.454 e. The van der Waals surface area contributed by atoms with E-state index >= 15 is 0 Å². The van der Waals surface area contributed by atoms with Crippen molar-refractivity contribution in [2.45, 2.75) is 6.92 Å². The first kappa shape index (κ1) is 11.8. The van der Waals surface area contributed by atoms with Crippen LogP contribution in [-0.4, -0.2) is 24.4 Å². The number of carbonyl (C=O) groups excluding carboxylic acids is 3. The average molecular weight is 219 g/mol. The number of hydrogen-bond donors (Lipinski definition) is 0. The number of esters is 1. The number of nitrogens with zero attached hydrogens (tertiary/aromatic N) is 1. The summed E-state index contributed by atoms with van der Waals surface area (Å²) in [6.45, 7) is 1.01. The van der Waals surface area contributed by atoms with Crippen LogP contribution >= 0.6 is 0 Å². The van der Waals surface area contributed by atoms with Crippen LogP contribution in [0.25, 0.3) is 0 Å². The minimum absolute atomic E-state index is 0.132. The summed E-state index contributed by atoms with van der Waals surface area (Å²) >= 11 is 0. The zero-order valence-electron chi connectivity index (χ0n) is 8.60. The molecule has 0 aliphatic rings. The van der Waals surface area contributed by atoms with Gasteiger partial charge in [0.25, 0.3) is 0 Å². The third-order valence-electron chi connectivity index (χ3n) is 1.70. The van der Waals surface area contributed by atoms with Crippen LogP contribution in [0.3, 0.4) is 0 Å². The van der Waals surface area contributed by atoms with Crippen LogP contribution in [0.15, 0.2) is 29.3 Å². The van der Waals surface area contributed by atoms with E-state index < -0.39 is 5.97 Å². The Balaban J connectivity index is 2.90. The Morgan fingerprint density at radius 2 is 2.06 bits per heavy atom. The molecule has 0 fully saturated rings. The zero-order chi connectivity index (χ0) is 12.0. The molecule has 0 saturated carbocycles. The van der Waals surface area contributed by atoms with Crippen LogP contribution in [0.5, 0.6) is 0 Å². The molecule has 0 spiro atoms. The predicted molar refractivity (Wildman–Crippen MR) is 55.2 cm³/mol. The van der Waals surface area contributed by atoms with Crippen molar-refractivity contribution in [3.8, 4) is 0 Å². The number of hydrogen-bond acceptors (Lipinski definition) is 5. The molecule has 0 saturated heterocycles. The standard InChI is InChI=1S/C11H9NO4/c1-8(14)6-16-11(15)9-4-2-3-5-10(9)12-7-13/h2-5H,6H2,1H3. The molecule has 82 valence electrons. The molecule has 5 heteroatoms. The van der Waals surface area contributed by atoms with Gasteiger partial charge in [0.1, 0.15) is 6.61 Å². The molecule has 0 bridgehead atoms. The number of rotatable bonds is 4. The monoisotopic (exact) mass is 219 g/mol. The van der Waals surface area contributed by atoms with Crippen LogP contribution in [-0.2, 0) is 14.3 Å². The maximum absolute atomic E-state index is 11.5. The molecule has 0 aliphatic carbocycles. The van der Waals surface area contributed by atoms with Crippen LogP contribution in [0.4, 0.5) is 5.69 Å². The van der Waals surface area contributed by atoms with Gasteiger partial charge in [-0.2, -0.15) is 4.99 Å². The fourth-order valence-electron chi connectivity index (χ4n) is 1.04. The summed E-state index contributed by atoms with van der Waals surface area (Å²) in [5.74, 6) is -0.950. The lowest BCUT2D eigenvalue weighted by molar-refractivity contribution is -0.120. The second kappa shape index (κ2) is 5.58. The van der Waals surface area contributed by atoms with Gasteiger partial charge in [-0.05, 0) is 19.1 Å². The Labute approximate surface area is 91.7 Å². The highest BCUT2D eigenvalue weighted by molar-refractivity contribution is 5.96. The number of Topliss-reactive ketones (excluding diaryl/α,β-unsaturated/α-hetero) is 1. The lowest BCUT2D eigenvalue weighted by Gasteiger charge is -2.03. The van der Waals surface area contributed by atoms with Crippen LogP contribution < -0.4 is 0 Å². The molecule has 1 rings (SSSR count). The van der Waals surface area contributed by atoms with E-state index in [1.54, 1.807) is 12.1 Å². The van der Waals surface area contributed by atoms with Gasteiger partial charge in [-0.1, -0.05) is 12.1 Å². The van der Waals surface area contributed by atoms with Crippen molar-refractivity contribution in [2.75, 3.05) is 6.61 Å². The molecule has 0 radical (unpaired) electrons. The first-order valence-electron chi connectivity index (χ1n) is 4.48. The lowest BCUT2D eigenvalue weighted by atomic mass is 10.2. The maximum Gasteiger partial charge on any atom is 0.340 e. The molecule has 0 heterocycles. The van der Waals surface area contributed by atoms with Gasteiger partial charge >= 0.3 is 5.97 Å². The second-order valence-electron chi connectivity index (χ2n) is 3.00. The number of ether oxygens (including phenoxy) is 1. The Bertz CT molecular complexity index is 461. The van der Waals surface area contributed by atoms with Crippen molar-refractivity contribution in [2.24, 2.45) is 4.99 Å². The van der Waals surface area contributed by atoms with E-state index in [0.717, 1.165) is 0 Å². The molecule has 5 nitrogen and oxygen atoms in total. The van der Waals surface area contributed by atoms with Crippen molar-refractivity contribution in [3.05, 3.63) is 29.8 Å². The molecule has 16 heavy (non-hydrogen) atoms. The van der Waals surface area contributed by atoms with Crippen LogP contribution in [0.1, 0.15) is 17.3 Å². The first-order valence-corrected chi connectivity index (χ1v) is 4.48. The summed E-state index contributed by atoms with van der Waals surface area (Å²) in [6.07, 6.45) is 1.34. The van der Waals surface area contributed by atoms with Gasteiger partial charge in [0.05, 0.1) is 11.3 Å². The number of benzene rings is 1. The summed E-state index contributed by atoms with van der Waals surface area (Å²) in [6, 6.07) is 6.17. The van der Waals surface area contributed by atoms with Crippen LogP contribution in [0, 0.1) is 0 Å². The van der Waals surface area contributed by atoms with E-state index in [1.807, 2.05) is 0 Å². The summed E-state index contributed by atoms with van der Waals surface area (Å²) in [5.41, 5.74) is 0.304. The molecule has 0 amide bonds. The Kier molecular flexibility index (Phi) is 4.12. The third-order valence-corrected chi connectivity index (χ3v) is 1.70. The number of para-hydroxylation sites is 1. The van der Waals surface area contributed by atoms with Gasteiger partial charge in [0.2, 0.25) is 6.08 Å². The van der Waals surface area contributed by atoms with Gasteiger partial charge in [-0.3, -0.25) is 4.79 Å². The number of isocyanates is 1. The smallest absolute Gasteiger partial charge is 0.340 e. The summed E-state index contributed by atoms with van der Waals surface area (Å²) in [4.78, 5) is 35.6. The quantitative estimate of drug-likeness (QED) is 0.436. The maximum atomic E-state index is 11.5. The molecular weight excluding hydrogens is 210 g/mol. The Hall–Kier alpha value is -2.26. The highest BCUT2D eigenvalue weighted by atomic mass is 16.5. The summed E-state index contributed by atoms with van der Waals surface area (Å²) in [7, 11) is 0. The fourth-order valence-corrected chi connectivity index (χ4v) is 1.04. The summed E-state index contributed by atoms with van der Waals surface area (Å²) in [5, 5.41) is 0. The highest BCUT2D eigenvalue weighted by Crippen LogP contribution is 2.18. The topological polar surface area (TPSA) is 72.8 Å². The molecule has 0 atom stereocenters. The van der Waals surface area contributed by atoms with E-state index in [1.165, 1.54) is 25.1 Å². The number of ketones is 1. The molecule has 1 aromatic carbocycles. The lowest BCUT2D eigenvalue weighted by Crippen LogP contribution is -2.11. The largest absolute Gasteiger partial charge is 0.454 e. The highest BCUT2D eigenvalue weighted by Gasteiger charge is 2.12. The van der Waals surface area contributed by atoms with Crippen molar-refractivity contribution >= 4 is 23.5 Å². The molecule has 0 N–H and O–H groups in total. The molecular formula is C11H9NO4. The van der Waals surface area contributed by atoms with Gasteiger partial charge in [-0.15, -0.1) is 0 Å². The molecule has 0 aliphatic heterocycles. The van der Waals surface area contributed by atoms with Gasteiger partial charge in [0.15, 0.2) is 5.78 Å². The SMILES string of the molecule is CC(=O)COC(=O)c1ccccc1N=C=O. The van der Waals surface area contributed by atoms with E-state index in [4.69, 9.17) is 4.74 Å². The van der Waals surface area contributed by atoms with Gasteiger partial charge < -0.3 is 4.74 Å². The van der Waals surface area contributed by atoms with Crippen molar-refractivity contribution in [1.82, 2.24) is 0 Å². The molecule has 1 aromatic rings. The van der Waals surface area contributed by atoms with E-state index in [9.17, 15) is 14.4 Å². The van der Waals surface area contributed by atoms with E-state index in [2.05, 4.69) is 4.99 Å². The summed E-state index contributed by atoms with van der Waals surface area (Å²) < 4.78 is 4.70. The Morgan fingerprint density at radius 3 is 2.69 bits per heavy atom. The van der Waals surface area contributed by atoms with Gasteiger partial charge in [0, 0.05) is 0 Å². The Morgan fingerprint density at radius 1 is 1.38 bits per heavy atom. The molecule has 0 unspecified atom stereocenters. The van der Waals surface area contributed by atoms with E-state index in [0.29, 0.717) is 0 Å². The van der Waals surface area contributed by atoms with E-state index in [-0.39, 0.29) is 23.6 Å². The third kappa shape index (κ3) is 3.15. The number of carbonyl (C=O) groups is 2. The predicted octanol–water partition coefficient (Wildman–Crippen LogP) is 1.40. The fraction of sp³-hybridized carbons (Fsp3) is 0.182. The van der Waals surface area contributed by atoms with Crippen molar-refractivity contribution < 1.29 is 19.1 Å². The first-order chi connectivity index (χ1) is 7.65.